The summed E-state index contributed by atoms with van der Waals surface area (Å²) in [5.74, 6) is 1.10. The van der Waals surface area contributed by atoms with Gasteiger partial charge in [-0.3, -0.25) is 4.90 Å². The third-order valence-corrected chi connectivity index (χ3v) is 5.25. The number of anilines is 1. The SMILES string of the molecule is Cn1ccnc1CN1CCC2(CC(Nc3cccc(C#N)c3)CO2)C1. The third kappa shape index (κ3) is 3.39. The van der Waals surface area contributed by atoms with Crippen LogP contribution >= 0.6 is 0 Å². The summed E-state index contributed by atoms with van der Waals surface area (Å²) < 4.78 is 8.30. The van der Waals surface area contributed by atoms with Crippen molar-refractivity contribution in [2.45, 2.75) is 31.0 Å². The van der Waals surface area contributed by atoms with Crippen molar-refractivity contribution in [1.29, 1.82) is 5.26 Å². The first-order valence-corrected chi connectivity index (χ1v) is 8.75. The molecule has 0 aliphatic carbocycles. The highest BCUT2D eigenvalue weighted by molar-refractivity contribution is 5.50. The van der Waals surface area contributed by atoms with E-state index in [4.69, 9.17) is 10.00 Å². The zero-order valence-corrected chi connectivity index (χ0v) is 14.5. The quantitative estimate of drug-likeness (QED) is 0.926. The molecule has 6 heteroatoms. The second-order valence-electron chi connectivity index (χ2n) is 7.15. The number of likely N-dealkylation sites (tertiary alicyclic amines) is 1. The maximum absolute atomic E-state index is 9.03. The highest BCUT2D eigenvalue weighted by Gasteiger charge is 2.45. The Balaban J connectivity index is 1.36. The largest absolute Gasteiger partial charge is 0.380 e. The Bertz CT molecular complexity index is 795. The molecule has 1 aromatic heterocycles. The molecule has 4 rings (SSSR count). The Morgan fingerprint density at radius 1 is 1.48 bits per heavy atom. The van der Waals surface area contributed by atoms with Gasteiger partial charge in [-0.25, -0.2) is 4.98 Å². The molecule has 2 fully saturated rings. The molecule has 25 heavy (non-hydrogen) atoms. The molecule has 3 heterocycles. The van der Waals surface area contributed by atoms with Gasteiger partial charge in [0.2, 0.25) is 0 Å². The molecule has 6 nitrogen and oxygen atoms in total. The first-order valence-electron chi connectivity index (χ1n) is 8.75. The summed E-state index contributed by atoms with van der Waals surface area (Å²) in [4.78, 5) is 6.85. The number of nitriles is 1. The number of hydrogen-bond donors (Lipinski definition) is 1. The molecule has 2 saturated heterocycles. The van der Waals surface area contributed by atoms with Gasteiger partial charge in [-0.2, -0.15) is 5.26 Å². The van der Waals surface area contributed by atoms with E-state index < -0.39 is 0 Å². The van der Waals surface area contributed by atoms with Crippen molar-refractivity contribution < 1.29 is 4.74 Å². The predicted molar refractivity (Wildman–Crippen MR) is 95.0 cm³/mol. The lowest BCUT2D eigenvalue weighted by atomic mass is 9.97. The fourth-order valence-corrected chi connectivity index (χ4v) is 3.95. The zero-order chi connectivity index (χ0) is 17.3. The van der Waals surface area contributed by atoms with Crippen LogP contribution in [0.25, 0.3) is 0 Å². The Hall–Kier alpha value is -2.36. The van der Waals surface area contributed by atoms with Crippen LogP contribution in [0.1, 0.15) is 24.2 Å². The second kappa shape index (κ2) is 6.51. The average molecular weight is 337 g/mol. The Kier molecular flexibility index (Phi) is 4.20. The molecule has 1 spiro atoms. The highest BCUT2D eigenvalue weighted by atomic mass is 16.5. The minimum Gasteiger partial charge on any atom is -0.380 e. The van der Waals surface area contributed by atoms with E-state index in [1.165, 1.54) is 0 Å². The first-order chi connectivity index (χ1) is 12.2. The smallest absolute Gasteiger partial charge is 0.122 e. The van der Waals surface area contributed by atoms with Crippen LogP contribution in [-0.4, -0.2) is 45.8 Å². The van der Waals surface area contributed by atoms with Gasteiger partial charge in [0.1, 0.15) is 5.82 Å². The van der Waals surface area contributed by atoms with Crippen LogP contribution in [0.2, 0.25) is 0 Å². The van der Waals surface area contributed by atoms with Crippen molar-refractivity contribution in [2.24, 2.45) is 7.05 Å². The fraction of sp³-hybridized carbons (Fsp3) is 0.474. The van der Waals surface area contributed by atoms with Gasteiger partial charge in [-0.15, -0.1) is 0 Å². The van der Waals surface area contributed by atoms with Crippen LogP contribution in [0.5, 0.6) is 0 Å². The Morgan fingerprint density at radius 2 is 2.40 bits per heavy atom. The van der Waals surface area contributed by atoms with Crippen LogP contribution in [0, 0.1) is 11.3 Å². The van der Waals surface area contributed by atoms with E-state index in [-0.39, 0.29) is 5.60 Å². The lowest BCUT2D eigenvalue weighted by Crippen LogP contribution is -2.33. The number of ether oxygens (including phenoxy) is 1. The number of hydrogen-bond acceptors (Lipinski definition) is 5. The maximum atomic E-state index is 9.03. The molecular formula is C19H23N5O. The Morgan fingerprint density at radius 3 is 3.20 bits per heavy atom. The first kappa shape index (κ1) is 16.1. The Labute approximate surface area is 148 Å². The molecule has 2 atom stereocenters. The molecular weight excluding hydrogens is 314 g/mol. The van der Waals surface area contributed by atoms with Gasteiger partial charge in [0.05, 0.1) is 36.4 Å². The molecule has 1 aromatic carbocycles. The van der Waals surface area contributed by atoms with Gasteiger partial charge < -0.3 is 14.6 Å². The molecule has 2 aromatic rings. The van der Waals surface area contributed by atoms with Gasteiger partial charge in [0, 0.05) is 44.6 Å². The zero-order valence-electron chi connectivity index (χ0n) is 14.5. The normalized spacial score (nSPS) is 26.2. The number of rotatable bonds is 4. The third-order valence-electron chi connectivity index (χ3n) is 5.25. The van der Waals surface area contributed by atoms with E-state index >= 15 is 0 Å². The van der Waals surface area contributed by atoms with E-state index in [1.54, 1.807) is 0 Å². The van der Waals surface area contributed by atoms with Crippen molar-refractivity contribution in [3.63, 3.8) is 0 Å². The summed E-state index contributed by atoms with van der Waals surface area (Å²) in [7, 11) is 2.04. The van der Waals surface area contributed by atoms with E-state index in [0.717, 1.165) is 44.0 Å². The topological polar surface area (TPSA) is 66.1 Å². The number of nitrogens with zero attached hydrogens (tertiary/aromatic N) is 4. The minimum absolute atomic E-state index is 0.0460. The van der Waals surface area contributed by atoms with Crippen molar-refractivity contribution in [1.82, 2.24) is 14.5 Å². The summed E-state index contributed by atoms with van der Waals surface area (Å²) in [6, 6.07) is 10.1. The maximum Gasteiger partial charge on any atom is 0.122 e. The van der Waals surface area contributed by atoms with E-state index in [9.17, 15) is 0 Å². The van der Waals surface area contributed by atoms with Crippen LogP contribution in [0.3, 0.4) is 0 Å². The lowest BCUT2D eigenvalue weighted by molar-refractivity contribution is 0.0117. The molecule has 2 aliphatic heterocycles. The molecule has 2 unspecified atom stereocenters. The summed E-state index contributed by atoms with van der Waals surface area (Å²) in [5, 5.41) is 12.6. The van der Waals surface area contributed by atoms with Crippen molar-refractivity contribution >= 4 is 5.69 Å². The number of nitrogens with one attached hydrogen (secondary N) is 1. The van der Waals surface area contributed by atoms with E-state index in [0.29, 0.717) is 18.2 Å². The second-order valence-corrected chi connectivity index (χ2v) is 7.15. The van der Waals surface area contributed by atoms with E-state index in [2.05, 4.69) is 25.8 Å². The molecule has 130 valence electrons. The average Bonchev–Trinajstić information content (AvgIpc) is 3.31. The van der Waals surface area contributed by atoms with Crippen LogP contribution < -0.4 is 5.32 Å². The molecule has 0 saturated carbocycles. The van der Waals surface area contributed by atoms with Gasteiger partial charge in [-0.05, 0) is 24.6 Å². The molecule has 0 radical (unpaired) electrons. The van der Waals surface area contributed by atoms with Gasteiger partial charge in [-0.1, -0.05) is 6.07 Å². The summed E-state index contributed by atoms with van der Waals surface area (Å²) in [6.07, 6.45) is 5.90. The molecule has 0 bridgehead atoms. The van der Waals surface area contributed by atoms with Crippen molar-refractivity contribution in [3.8, 4) is 6.07 Å². The lowest BCUT2D eigenvalue weighted by Gasteiger charge is -2.23. The number of benzene rings is 1. The highest BCUT2D eigenvalue weighted by Crippen LogP contribution is 2.36. The van der Waals surface area contributed by atoms with Crippen LogP contribution in [0.4, 0.5) is 5.69 Å². The monoisotopic (exact) mass is 337 g/mol. The summed E-state index contributed by atoms with van der Waals surface area (Å²) in [6.45, 7) is 3.59. The molecule has 2 aliphatic rings. The fourth-order valence-electron chi connectivity index (χ4n) is 3.95. The van der Waals surface area contributed by atoms with Crippen molar-refractivity contribution in [2.75, 3.05) is 25.0 Å². The van der Waals surface area contributed by atoms with Crippen LogP contribution in [0.15, 0.2) is 36.7 Å². The number of aryl methyl sites for hydroxylation is 1. The van der Waals surface area contributed by atoms with Gasteiger partial charge in [0.25, 0.3) is 0 Å². The van der Waals surface area contributed by atoms with Gasteiger partial charge in [0.15, 0.2) is 0 Å². The van der Waals surface area contributed by atoms with Gasteiger partial charge >= 0.3 is 0 Å². The number of aromatic nitrogens is 2. The van der Waals surface area contributed by atoms with Crippen LogP contribution in [-0.2, 0) is 18.3 Å². The molecule has 1 N–H and O–H groups in total. The summed E-state index contributed by atoms with van der Waals surface area (Å²) >= 11 is 0. The number of imidazole rings is 1. The minimum atomic E-state index is -0.0460. The summed E-state index contributed by atoms with van der Waals surface area (Å²) in [5.41, 5.74) is 1.63. The molecule has 0 amide bonds. The predicted octanol–water partition coefficient (Wildman–Crippen LogP) is 2.14. The van der Waals surface area contributed by atoms with E-state index in [1.807, 2.05) is 43.7 Å². The van der Waals surface area contributed by atoms with Crippen molar-refractivity contribution in [3.05, 3.63) is 48.0 Å². The standard InChI is InChI=1S/C19H23N5O/c1-23-8-6-21-18(23)12-24-7-5-19(14-24)10-17(13-25-19)22-16-4-2-3-15(9-16)11-20/h2-4,6,8-9,17,22H,5,7,10,12-14H2,1H3.